The first-order valence-electron chi connectivity index (χ1n) is 11.3. The van der Waals surface area contributed by atoms with Crippen LogP contribution in [0.2, 0.25) is 5.04 Å². The van der Waals surface area contributed by atoms with Gasteiger partial charge in [0.25, 0.3) is 8.32 Å². The number of benzene rings is 2. The molecule has 1 aromatic heterocycles. The molecular formula is C25H31N3O5Si. The van der Waals surface area contributed by atoms with Crippen LogP contribution in [0.1, 0.15) is 27.0 Å². The number of hydrogen-bond acceptors (Lipinski definition) is 7. The summed E-state index contributed by atoms with van der Waals surface area (Å²) in [6.07, 6.45) is -2.54. The second-order valence-corrected chi connectivity index (χ2v) is 13.8. The predicted octanol–water partition coefficient (Wildman–Crippen LogP) is 1.02. The van der Waals surface area contributed by atoms with Crippen molar-refractivity contribution in [2.24, 2.45) is 0 Å². The highest BCUT2D eigenvalue weighted by atomic mass is 28.4. The highest BCUT2D eigenvalue weighted by Gasteiger charge is 2.56. The van der Waals surface area contributed by atoms with Gasteiger partial charge >= 0.3 is 5.69 Å². The van der Waals surface area contributed by atoms with E-state index >= 15 is 0 Å². The Morgan fingerprint density at radius 2 is 1.62 bits per heavy atom. The molecule has 0 bridgehead atoms. The molecule has 1 fully saturated rings. The summed E-state index contributed by atoms with van der Waals surface area (Å²) >= 11 is 0. The Balaban J connectivity index is 1.91. The van der Waals surface area contributed by atoms with Crippen LogP contribution in [0.15, 0.2) is 77.7 Å². The summed E-state index contributed by atoms with van der Waals surface area (Å²) in [4.78, 5) is 16.5. The van der Waals surface area contributed by atoms with E-state index in [1.165, 1.54) is 16.8 Å². The second kappa shape index (κ2) is 9.44. The lowest BCUT2D eigenvalue weighted by Gasteiger charge is -2.45. The van der Waals surface area contributed by atoms with E-state index in [9.17, 15) is 15.0 Å². The third-order valence-corrected chi connectivity index (χ3v) is 11.4. The van der Waals surface area contributed by atoms with Gasteiger partial charge in [0.05, 0.1) is 6.61 Å². The van der Waals surface area contributed by atoms with E-state index in [1.54, 1.807) is 0 Å². The van der Waals surface area contributed by atoms with E-state index in [0.717, 1.165) is 10.4 Å². The van der Waals surface area contributed by atoms with Crippen LogP contribution < -0.4 is 21.8 Å². The number of aliphatic hydroxyl groups excluding tert-OH is 2. The summed E-state index contributed by atoms with van der Waals surface area (Å²) in [6.45, 7) is 5.94. The van der Waals surface area contributed by atoms with Crippen LogP contribution in [0, 0.1) is 0 Å². The molecule has 8 nitrogen and oxygen atoms in total. The van der Waals surface area contributed by atoms with Crippen molar-refractivity contribution in [3.8, 4) is 0 Å². The van der Waals surface area contributed by atoms with Gasteiger partial charge in [0.15, 0.2) is 6.23 Å². The van der Waals surface area contributed by atoms with Crippen LogP contribution in [-0.2, 0) is 9.16 Å². The molecular weight excluding hydrogens is 450 g/mol. The van der Waals surface area contributed by atoms with Crippen LogP contribution in [0.4, 0.5) is 5.82 Å². The molecule has 0 spiro atoms. The maximum atomic E-state index is 12.7. The third-order valence-electron chi connectivity index (χ3n) is 6.35. The van der Waals surface area contributed by atoms with Crippen molar-refractivity contribution in [2.75, 3.05) is 12.3 Å². The summed E-state index contributed by atoms with van der Waals surface area (Å²) in [5, 5.41) is 22.8. The largest absolute Gasteiger partial charge is 0.397 e. The van der Waals surface area contributed by atoms with Crippen molar-refractivity contribution >= 4 is 24.5 Å². The van der Waals surface area contributed by atoms with Crippen LogP contribution in [0.5, 0.6) is 0 Å². The summed E-state index contributed by atoms with van der Waals surface area (Å²) in [5.41, 5.74) is 5.05. The fraction of sp³-hybridized carbons (Fsp3) is 0.360. The topological polar surface area (TPSA) is 120 Å². The van der Waals surface area contributed by atoms with Crippen molar-refractivity contribution in [3.05, 3.63) is 83.4 Å². The molecule has 1 aliphatic rings. The van der Waals surface area contributed by atoms with Crippen LogP contribution in [0.3, 0.4) is 0 Å². The normalized spacial score (nSPS) is 23.2. The zero-order valence-electron chi connectivity index (χ0n) is 19.5. The number of rotatable bonds is 6. The van der Waals surface area contributed by atoms with Crippen molar-refractivity contribution in [3.63, 3.8) is 0 Å². The van der Waals surface area contributed by atoms with Crippen LogP contribution in [0.25, 0.3) is 0 Å². The van der Waals surface area contributed by atoms with Gasteiger partial charge in [-0.2, -0.15) is 4.98 Å². The smallest absolute Gasteiger partial charge is 0.351 e. The van der Waals surface area contributed by atoms with E-state index < -0.39 is 45.2 Å². The highest BCUT2D eigenvalue weighted by Crippen LogP contribution is 2.41. The standard InChI is InChI=1S/C25H31N3O5Si/c1-25(2,3)34(17-10-6-4-7-11-17,18-12-8-5-9-13-18)33-22-21(30)19(16-29)32-23(22)28-15-14-20(26)27-24(28)31/h4-15,19,21-23,29-30H,16H2,1-3H3,(H2,26,27,31). The van der Waals surface area contributed by atoms with Gasteiger partial charge in [0, 0.05) is 6.20 Å². The molecule has 180 valence electrons. The van der Waals surface area contributed by atoms with Crippen molar-refractivity contribution < 1.29 is 19.4 Å². The first-order chi connectivity index (χ1) is 16.2. The molecule has 4 rings (SSSR count). The average molecular weight is 482 g/mol. The van der Waals surface area contributed by atoms with E-state index in [2.05, 4.69) is 25.8 Å². The van der Waals surface area contributed by atoms with Gasteiger partial charge in [-0.3, -0.25) is 4.57 Å². The minimum Gasteiger partial charge on any atom is -0.397 e. The molecule has 1 saturated heterocycles. The van der Waals surface area contributed by atoms with Gasteiger partial charge in [0.1, 0.15) is 24.1 Å². The molecule has 9 heteroatoms. The average Bonchev–Trinajstić information content (AvgIpc) is 3.12. The first kappa shape index (κ1) is 24.3. The Bertz CT molecular complexity index is 1130. The summed E-state index contributed by atoms with van der Waals surface area (Å²) in [7, 11) is -3.08. The molecule has 0 radical (unpaired) electrons. The lowest BCUT2D eigenvalue weighted by atomic mass is 10.1. The number of aromatic nitrogens is 2. The Kier molecular flexibility index (Phi) is 6.75. The maximum Gasteiger partial charge on any atom is 0.351 e. The number of nitrogens with zero attached hydrogens (tertiary/aromatic N) is 2. The summed E-state index contributed by atoms with van der Waals surface area (Å²) in [5.74, 6) is 0.0861. The van der Waals surface area contributed by atoms with Gasteiger partial charge in [-0.15, -0.1) is 0 Å². The number of ether oxygens (including phenoxy) is 1. The fourth-order valence-corrected chi connectivity index (χ4v) is 9.41. The summed E-state index contributed by atoms with van der Waals surface area (Å²) in [6, 6.07) is 21.5. The van der Waals surface area contributed by atoms with Gasteiger partial charge < -0.3 is 25.1 Å². The monoisotopic (exact) mass is 481 g/mol. The molecule has 2 heterocycles. The third kappa shape index (κ3) is 4.21. The number of nitrogen functional groups attached to an aromatic ring is 1. The van der Waals surface area contributed by atoms with Gasteiger partial charge in [-0.1, -0.05) is 81.4 Å². The van der Waals surface area contributed by atoms with Gasteiger partial charge in [-0.05, 0) is 21.5 Å². The van der Waals surface area contributed by atoms with Crippen LogP contribution in [-0.4, -0.2) is 53.0 Å². The minimum absolute atomic E-state index is 0.0861. The lowest BCUT2D eigenvalue weighted by Crippen LogP contribution is -2.68. The maximum absolute atomic E-state index is 12.7. The molecule has 1 aliphatic heterocycles. The zero-order chi connectivity index (χ0) is 24.5. The molecule has 3 aromatic rings. The fourth-order valence-electron chi connectivity index (χ4n) is 4.74. The molecule has 4 unspecified atom stereocenters. The molecule has 4 N–H and O–H groups in total. The molecule has 2 aromatic carbocycles. The number of nitrogens with two attached hydrogens (primary N) is 1. The Labute approximate surface area is 199 Å². The van der Waals surface area contributed by atoms with Crippen molar-refractivity contribution in [1.82, 2.24) is 9.55 Å². The van der Waals surface area contributed by atoms with E-state index in [4.69, 9.17) is 14.9 Å². The predicted molar refractivity (Wildman–Crippen MR) is 132 cm³/mol. The molecule has 0 saturated carbocycles. The molecule has 0 aliphatic carbocycles. The van der Waals surface area contributed by atoms with E-state index in [-0.39, 0.29) is 10.9 Å². The summed E-state index contributed by atoms with van der Waals surface area (Å²) < 4.78 is 14.3. The Hall–Kier alpha value is -2.82. The first-order valence-corrected chi connectivity index (χ1v) is 13.2. The van der Waals surface area contributed by atoms with Crippen LogP contribution >= 0.6 is 0 Å². The number of anilines is 1. The van der Waals surface area contributed by atoms with Crippen molar-refractivity contribution in [1.29, 1.82) is 0 Å². The Morgan fingerprint density at radius 1 is 1.06 bits per heavy atom. The quantitative estimate of drug-likeness (QED) is 0.450. The number of hydrogen-bond donors (Lipinski definition) is 3. The number of aliphatic hydroxyl groups is 2. The van der Waals surface area contributed by atoms with Gasteiger partial charge in [-0.25, -0.2) is 4.79 Å². The SMILES string of the molecule is CC(C)(C)[Si](OC1C(O)C(CO)OC1n1ccc(N)nc1=O)(c1ccccc1)c1ccccc1. The molecule has 4 atom stereocenters. The molecule has 0 amide bonds. The Morgan fingerprint density at radius 3 is 2.09 bits per heavy atom. The van der Waals surface area contributed by atoms with Gasteiger partial charge in [0.2, 0.25) is 0 Å². The lowest BCUT2D eigenvalue weighted by molar-refractivity contribution is -0.0530. The van der Waals surface area contributed by atoms with E-state index in [1.807, 2.05) is 60.7 Å². The zero-order valence-corrected chi connectivity index (χ0v) is 20.5. The second-order valence-electron chi connectivity index (χ2n) is 9.53. The van der Waals surface area contributed by atoms with Crippen molar-refractivity contribution in [2.45, 2.75) is 50.3 Å². The highest BCUT2D eigenvalue weighted by molar-refractivity contribution is 6.99. The minimum atomic E-state index is -3.08. The molecule has 34 heavy (non-hydrogen) atoms. The van der Waals surface area contributed by atoms with E-state index in [0.29, 0.717) is 0 Å².